The van der Waals surface area contributed by atoms with Crippen LogP contribution in [0.15, 0.2) is 36.7 Å². The predicted octanol–water partition coefficient (Wildman–Crippen LogP) is 2.43. The minimum atomic E-state index is -0.580. The first-order chi connectivity index (χ1) is 8.28. The van der Waals surface area contributed by atoms with Gasteiger partial charge < -0.3 is 5.32 Å². The Morgan fingerprint density at radius 3 is 2.65 bits per heavy atom. The highest BCUT2D eigenvalue weighted by Crippen LogP contribution is 2.15. The lowest BCUT2D eigenvalue weighted by Crippen LogP contribution is -1.95. The van der Waals surface area contributed by atoms with Crippen LogP contribution in [0.2, 0.25) is 0 Å². The van der Waals surface area contributed by atoms with Gasteiger partial charge >= 0.3 is 0 Å². The number of nitrogens with one attached hydrogen (secondary N) is 1. The molecule has 0 aliphatic heterocycles. The topological polar surface area (TPSA) is 61.6 Å². The fourth-order valence-electron chi connectivity index (χ4n) is 1.35. The van der Waals surface area contributed by atoms with Gasteiger partial charge in [0.15, 0.2) is 0 Å². The van der Waals surface area contributed by atoms with Crippen molar-refractivity contribution in [3.63, 3.8) is 0 Å². The zero-order valence-electron chi connectivity index (χ0n) is 8.89. The van der Waals surface area contributed by atoms with Crippen molar-refractivity contribution in [1.29, 1.82) is 5.26 Å². The smallest absolute Gasteiger partial charge is 0.218 e. The van der Waals surface area contributed by atoms with Gasteiger partial charge in [0.1, 0.15) is 12.1 Å². The highest BCUT2D eigenvalue weighted by Gasteiger charge is 1.99. The van der Waals surface area contributed by atoms with Crippen LogP contribution in [0.25, 0.3) is 0 Å². The van der Waals surface area contributed by atoms with Gasteiger partial charge in [-0.15, -0.1) is 0 Å². The van der Waals surface area contributed by atoms with Gasteiger partial charge in [0.05, 0.1) is 12.5 Å². The van der Waals surface area contributed by atoms with Crippen molar-refractivity contribution in [2.45, 2.75) is 6.42 Å². The van der Waals surface area contributed by atoms with Gasteiger partial charge in [-0.25, -0.2) is 9.97 Å². The average molecular weight is 228 g/mol. The Hall–Kier alpha value is -2.48. The summed E-state index contributed by atoms with van der Waals surface area (Å²) in [5.41, 5.74) is 1.72. The van der Waals surface area contributed by atoms with E-state index in [-0.39, 0.29) is 0 Å². The largest absolute Gasteiger partial charge is 0.340 e. The number of rotatable bonds is 3. The van der Waals surface area contributed by atoms with E-state index in [4.69, 9.17) is 5.26 Å². The summed E-state index contributed by atoms with van der Waals surface area (Å²) in [6.07, 6.45) is 1.53. The molecular formula is C12H9FN4. The second-order valence-corrected chi connectivity index (χ2v) is 3.38. The second-order valence-electron chi connectivity index (χ2n) is 3.38. The number of hydrogen-bond donors (Lipinski definition) is 1. The first-order valence-electron chi connectivity index (χ1n) is 4.98. The van der Waals surface area contributed by atoms with Crippen LogP contribution in [-0.4, -0.2) is 9.97 Å². The average Bonchev–Trinajstić information content (AvgIpc) is 2.32. The van der Waals surface area contributed by atoms with Crippen LogP contribution in [0.5, 0.6) is 0 Å². The van der Waals surface area contributed by atoms with E-state index < -0.39 is 5.95 Å². The molecule has 0 fully saturated rings. The summed E-state index contributed by atoms with van der Waals surface area (Å²) in [5, 5.41) is 11.5. The molecule has 0 radical (unpaired) electrons. The first kappa shape index (κ1) is 11.0. The second kappa shape index (κ2) is 5.03. The van der Waals surface area contributed by atoms with E-state index in [0.717, 1.165) is 17.6 Å². The van der Waals surface area contributed by atoms with Crippen LogP contribution in [0, 0.1) is 17.3 Å². The molecule has 1 aromatic heterocycles. The Kier molecular flexibility index (Phi) is 3.26. The lowest BCUT2D eigenvalue weighted by Gasteiger charge is -2.05. The maximum atomic E-state index is 12.8. The summed E-state index contributed by atoms with van der Waals surface area (Å²) >= 11 is 0. The minimum Gasteiger partial charge on any atom is -0.340 e. The number of benzene rings is 1. The van der Waals surface area contributed by atoms with Crippen molar-refractivity contribution in [3.8, 4) is 6.07 Å². The Morgan fingerprint density at radius 1 is 1.24 bits per heavy atom. The highest BCUT2D eigenvalue weighted by molar-refractivity contribution is 5.55. The molecule has 0 unspecified atom stereocenters. The predicted molar refractivity (Wildman–Crippen MR) is 61.0 cm³/mol. The molecule has 0 saturated carbocycles. The number of hydrogen-bond acceptors (Lipinski definition) is 4. The molecule has 0 bridgehead atoms. The molecule has 0 saturated heterocycles. The fourth-order valence-corrected chi connectivity index (χ4v) is 1.35. The van der Waals surface area contributed by atoms with Gasteiger partial charge in [0.25, 0.3) is 0 Å². The van der Waals surface area contributed by atoms with Gasteiger partial charge in [-0.3, -0.25) is 0 Å². The molecule has 1 heterocycles. The third-order valence-corrected chi connectivity index (χ3v) is 2.14. The van der Waals surface area contributed by atoms with Crippen LogP contribution in [0.1, 0.15) is 5.56 Å². The lowest BCUT2D eigenvalue weighted by atomic mass is 10.1. The van der Waals surface area contributed by atoms with Crippen LogP contribution in [0.3, 0.4) is 0 Å². The number of nitrogens with zero attached hydrogens (tertiary/aromatic N) is 3. The van der Waals surface area contributed by atoms with Crippen LogP contribution in [-0.2, 0) is 6.42 Å². The summed E-state index contributed by atoms with van der Waals surface area (Å²) in [6, 6.07) is 10.6. The van der Waals surface area contributed by atoms with Crippen molar-refractivity contribution >= 4 is 11.5 Å². The molecule has 0 spiro atoms. The molecule has 17 heavy (non-hydrogen) atoms. The molecule has 2 aromatic rings. The molecule has 4 nitrogen and oxygen atoms in total. The summed E-state index contributed by atoms with van der Waals surface area (Å²) < 4.78 is 12.8. The summed E-state index contributed by atoms with van der Waals surface area (Å²) in [5.74, 6) is -0.186. The van der Waals surface area contributed by atoms with E-state index in [9.17, 15) is 4.39 Å². The van der Waals surface area contributed by atoms with E-state index in [0.29, 0.717) is 12.2 Å². The first-order valence-corrected chi connectivity index (χ1v) is 4.98. The van der Waals surface area contributed by atoms with Crippen LogP contribution in [0.4, 0.5) is 15.9 Å². The Morgan fingerprint density at radius 2 is 2.00 bits per heavy atom. The van der Waals surface area contributed by atoms with Crippen molar-refractivity contribution in [2.24, 2.45) is 0 Å². The number of nitriles is 1. The number of aromatic nitrogens is 2. The fraction of sp³-hybridized carbons (Fsp3) is 0.0833. The lowest BCUT2D eigenvalue weighted by molar-refractivity contribution is 0.580. The van der Waals surface area contributed by atoms with Gasteiger partial charge in [-0.05, 0) is 17.7 Å². The van der Waals surface area contributed by atoms with E-state index in [1.165, 1.54) is 6.07 Å². The Bertz CT molecular complexity index is 545. The molecule has 5 heteroatoms. The number of anilines is 2. The van der Waals surface area contributed by atoms with E-state index in [1.54, 1.807) is 0 Å². The highest BCUT2D eigenvalue weighted by atomic mass is 19.1. The van der Waals surface area contributed by atoms with Gasteiger partial charge in [0, 0.05) is 11.8 Å². The maximum Gasteiger partial charge on any atom is 0.218 e. The monoisotopic (exact) mass is 228 g/mol. The standard InChI is InChI=1S/C12H9FN4/c13-11-7-12(16-8-15-11)17-10-3-1-9(2-4-10)5-6-14/h1-4,7-8H,5H2,(H,15,16,17). The van der Waals surface area contributed by atoms with Crippen molar-refractivity contribution < 1.29 is 4.39 Å². The molecule has 0 atom stereocenters. The Labute approximate surface area is 97.8 Å². The summed E-state index contributed by atoms with van der Waals surface area (Å²) in [6.45, 7) is 0. The van der Waals surface area contributed by atoms with Gasteiger partial charge in [-0.2, -0.15) is 9.65 Å². The van der Waals surface area contributed by atoms with Gasteiger partial charge in [-0.1, -0.05) is 12.1 Å². The molecule has 1 aromatic carbocycles. The molecule has 2 rings (SSSR count). The van der Waals surface area contributed by atoms with Crippen molar-refractivity contribution in [3.05, 3.63) is 48.2 Å². The SMILES string of the molecule is N#CCc1ccc(Nc2cc(F)ncn2)cc1. The zero-order valence-corrected chi connectivity index (χ0v) is 8.89. The van der Waals surface area contributed by atoms with Crippen LogP contribution >= 0.6 is 0 Å². The van der Waals surface area contributed by atoms with Gasteiger partial charge in [0.2, 0.25) is 5.95 Å². The third kappa shape index (κ3) is 2.98. The Balaban J connectivity index is 2.11. The van der Waals surface area contributed by atoms with Crippen molar-refractivity contribution in [1.82, 2.24) is 9.97 Å². The molecule has 1 N–H and O–H groups in total. The molecule has 0 aliphatic rings. The molecule has 0 aliphatic carbocycles. The maximum absolute atomic E-state index is 12.8. The van der Waals surface area contributed by atoms with Crippen molar-refractivity contribution in [2.75, 3.05) is 5.32 Å². The van der Waals surface area contributed by atoms with E-state index in [2.05, 4.69) is 21.4 Å². The number of halogens is 1. The third-order valence-electron chi connectivity index (χ3n) is 2.14. The summed E-state index contributed by atoms with van der Waals surface area (Å²) in [4.78, 5) is 7.25. The minimum absolute atomic E-state index is 0.377. The summed E-state index contributed by atoms with van der Waals surface area (Å²) in [7, 11) is 0. The quantitative estimate of drug-likeness (QED) is 0.819. The normalized spacial score (nSPS) is 9.65. The zero-order chi connectivity index (χ0) is 12.1. The molecule has 0 amide bonds. The molecule has 84 valence electrons. The van der Waals surface area contributed by atoms with Crippen LogP contribution < -0.4 is 5.32 Å². The molecular weight excluding hydrogens is 219 g/mol. The van der Waals surface area contributed by atoms with E-state index in [1.807, 2.05) is 24.3 Å². The van der Waals surface area contributed by atoms with E-state index >= 15 is 0 Å².